The molecule has 6 heteroatoms. The summed E-state index contributed by atoms with van der Waals surface area (Å²) >= 11 is 0. The molecule has 2 N–H and O–H groups in total. The molecule has 3 rings (SSSR count). The number of aromatic hydroxyl groups is 1. The zero-order valence-corrected chi connectivity index (χ0v) is 18.7. The quantitative estimate of drug-likeness (QED) is 0.567. The largest absolute Gasteiger partial charge is 0.506 e. The van der Waals surface area contributed by atoms with Gasteiger partial charge in [0.25, 0.3) is 0 Å². The van der Waals surface area contributed by atoms with E-state index in [0.29, 0.717) is 11.8 Å². The van der Waals surface area contributed by atoms with E-state index in [4.69, 9.17) is 0 Å². The molecule has 6 nitrogen and oxygen atoms in total. The second-order valence-electron chi connectivity index (χ2n) is 8.14. The lowest BCUT2D eigenvalue weighted by Gasteiger charge is -2.38. The van der Waals surface area contributed by atoms with E-state index in [-0.39, 0.29) is 0 Å². The van der Waals surface area contributed by atoms with Crippen LogP contribution in [0.2, 0.25) is 0 Å². The highest BCUT2D eigenvalue weighted by Crippen LogP contribution is 2.27. The maximum absolute atomic E-state index is 10.1. The van der Waals surface area contributed by atoms with Crippen molar-refractivity contribution in [3.05, 3.63) is 59.7 Å². The van der Waals surface area contributed by atoms with Crippen LogP contribution in [0.5, 0.6) is 5.75 Å². The molecule has 162 valence electrons. The van der Waals surface area contributed by atoms with E-state index in [2.05, 4.69) is 70.2 Å². The summed E-state index contributed by atoms with van der Waals surface area (Å²) in [4.78, 5) is 11.4. The summed E-state index contributed by atoms with van der Waals surface area (Å²) in [5.41, 5.74) is 3.56. The number of benzene rings is 2. The Labute approximate surface area is 180 Å². The zero-order valence-electron chi connectivity index (χ0n) is 18.7. The van der Waals surface area contributed by atoms with Crippen LogP contribution in [0.25, 0.3) is 0 Å². The van der Waals surface area contributed by atoms with E-state index in [1.54, 1.807) is 6.07 Å². The molecule has 0 bridgehead atoms. The van der Waals surface area contributed by atoms with Crippen LogP contribution in [0.3, 0.4) is 0 Å². The fraction of sp³-hybridized carbons (Fsp3) is 0.458. The Morgan fingerprint density at radius 2 is 1.67 bits per heavy atom. The summed E-state index contributed by atoms with van der Waals surface area (Å²) in [5.74, 6) is 1.27. The summed E-state index contributed by atoms with van der Waals surface area (Å²) in [5, 5.41) is 13.7. The molecule has 0 unspecified atom stereocenters. The number of piperazine rings is 1. The minimum Gasteiger partial charge on any atom is -0.506 e. The maximum Gasteiger partial charge on any atom is 0.194 e. The fourth-order valence-corrected chi connectivity index (χ4v) is 3.73. The highest BCUT2D eigenvalue weighted by molar-refractivity contribution is 5.80. The van der Waals surface area contributed by atoms with Gasteiger partial charge in [0, 0.05) is 52.4 Å². The maximum atomic E-state index is 10.1. The molecule has 0 saturated carbocycles. The van der Waals surface area contributed by atoms with Crippen molar-refractivity contribution in [1.82, 2.24) is 15.1 Å². The second-order valence-corrected chi connectivity index (χ2v) is 8.14. The summed E-state index contributed by atoms with van der Waals surface area (Å²) in [6.45, 7) is 9.58. The average molecular weight is 410 g/mol. The van der Waals surface area contributed by atoms with Gasteiger partial charge in [0.15, 0.2) is 5.96 Å². The Morgan fingerprint density at radius 3 is 2.30 bits per heavy atom. The highest BCUT2D eigenvalue weighted by Gasteiger charge is 2.21. The molecule has 1 aliphatic heterocycles. The number of guanidine groups is 1. The Bertz CT molecular complexity index is 843. The Kier molecular flexibility index (Phi) is 7.57. The molecule has 2 aromatic rings. The van der Waals surface area contributed by atoms with E-state index < -0.39 is 0 Å². The third-order valence-electron chi connectivity index (χ3n) is 5.87. The summed E-state index contributed by atoms with van der Waals surface area (Å²) in [7, 11) is 4.01. The molecular formula is C24H35N5O. The highest BCUT2D eigenvalue weighted by atomic mass is 16.3. The lowest BCUT2D eigenvalue weighted by Crippen LogP contribution is -2.52. The summed E-state index contributed by atoms with van der Waals surface area (Å²) in [6, 6.07) is 16.7. The van der Waals surface area contributed by atoms with Crippen LogP contribution in [0.1, 0.15) is 25.0 Å². The van der Waals surface area contributed by atoms with Crippen molar-refractivity contribution in [3.8, 4) is 5.75 Å². The summed E-state index contributed by atoms with van der Waals surface area (Å²) < 4.78 is 0. The van der Waals surface area contributed by atoms with Gasteiger partial charge in [-0.1, -0.05) is 36.4 Å². The van der Waals surface area contributed by atoms with Gasteiger partial charge in [-0.05, 0) is 44.2 Å². The van der Waals surface area contributed by atoms with Crippen LogP contribution in [-0.2, 0) is 13.1 Å². The van der Waals surface area contributed by atoms with Crippen molar-refractivity contribution >= 4 is 11.6 Å². The van der Waals surface area contributed by atoms with Gasteiger partial charge < -0.3 is 20.2 Å². The summed E-state index contributed by atoms with van der Waals surface area (Å²) in [6.07, 6.45) is 0. The molecule has 0 atom stereocenters. The number of anilines is 1. The van der Waals surface area contributed by atoms with Crippen LogP contribution in [-0.4, -0.2) is 67.2 Å². The normalized spacial score (nSPS) is 15.2. The monoisotopic (exact) mass is 409 g/mol. The van der Waals surface area contributed by atoms with Crippen LogP contribution in [0.4, 0.5) is 5.69 Å². The fourth-order valence-electron chi connectivity index (χ4n) is 3.73. The van der Waals surface area contributed by atoms with Gasteiger partial charge in [-0.3, -0.25) is 9.89 Å². The van der Waals surface area contributed by atoms with Gasteiger partial charge in [0.1, 0.15) is 5.75 Å². The molecule has 0 radical (unpaired) electrons. The molecule has 0 amide bonds. The van der Waals surface area contributed by atoms with Gasteiger partial charge in [0.05, 0.1) is 5.69 Å². The minimum absolute atomic E-state index is 0.344. The number of phenolic OH excluding ortho intramolecular Hbond substituents is 1. The number of para-hydroxylation sites is 2. The first-order valence-electron chi connectivity index (χ1n) is 10.7. The third kappa shape index (κ3) is 5.45. The number of phenols is 1. The average Bonchev–Trinajstić information content (AvgIpc) is 2.76. The van der Waals surface area contributed by atoms with Crippen LogP contribution >= 0.6 is 0 Å². The molecular weight excluding hydrogens is 374 g/mol. The molecule has 0 aromatic heterocycles. The van der Waals surface area contributed by atoms with Crippen molar-refractivity contribution in [2.75, 3.05) is 45.2 Å². The molecule has 2 aromatic carbocycles. The number of aliphatic imine (C=N–C) groups is 1. The molecule has 0 aliphatic carbocycles. The van der Waals surface area contributed by atoms with Crippen molar-refractivity contribution in [1.29, 1.82) is 0 Å². The van der Waals surface area contributed by atoms with Gasteiger partial charge in [-0.15, -0.1) is 0 Å². The lowest BCUT2D eigenvalue weighted by atomic mass is 10.1. The first-order valence-corrected chi connectivity index (χ1v) is 10.7. The number of nitrogens with zero attached hydrogens (tertiary/aromatic N) is 4. The Hall–Kier alpha value is -2.73. The van der Waals surface area contributed by atoms with Crippen molar-refractivity contribution in [3.63, 3.8) is 0 Å². The zero-order chi connectivity index (χ0) is 21.5. The van der Waals surface area contributed by atoms with E-state index in [9.17, 15) is 5.11 Å². The topological polar surface area (TPSA) is 54.3 Å². The van der Waals surface area contributed by atoms with Crippen LogP contribution in [0, 0.1) is 0 Å². The van der Waals surface area contributed by atoms with Crippen LogP contribution < -0.4 is 10.2 Å². The Morgan fingerprint density at radius 1 is 1.03 bits per heavy atom. The van der Waals surface area contributed by atoms with Crippen molar-refractivity contribution in [2.45, 2.75) is 33.0 Å². The lowest BCUT2D eigenvalue weighted by molar-refractivity contribution is 0.265. The molecule has 1 heterocycles. The Balaban J connectivity index is 1.58. The smallest absolute Gasteiger partial charge is 0.194 e. The second kappa shape index (κ2) is 10.3. The number of hydrogen-bond donors (Lipinski definition) is 2. The number of hydrogen-bond acceptors (Lipinski definition) is 4. The molecule has 0 spiro atoms. The SMILES string of the molecule is CN=C(NCc1ccccc1CN(C)C(C)C)N1CCN(c2ccccc2O)CC1. The van der Waals surface area contributed by atoms with E-state index >= 15 is 0 Å². The first kappa shape index (κ1) is 22.0. The number of nitrogens with one attached hydrogen (secondary N) is 1. The van der Waals surface area contributed by atoms with Crippen molar-refractivity contribution in [2.24, 2.45) is 4.99 Å². The van der Waals surface area contributed by atoms with Gasteiger partial charge in [0.2, 0.25) is 0 Å². The van der Waals surface area contributed by atoms with Crippen LogP contribution in [0.15, 0.2) is 53.5 Å². The predicted octanol–water partition coefficient (Wildman–Crippen LogP) is 3.13. The van der Waals surface area contributed by atoms with Crippen molar-refractivity contribution < 1.29 is 5.11 Å². The molecule has 1 aliphatic rings. The van der Waals surface area contributed by atoms with Gasteiger partial charge >= 0.3 is 0 Å². The molecule has 1 saturated heterocycles. The van der Waals surface area contributed by atoms with Gasteiger partial charge in [-0.2, -0.15) is 0 Å². The van der Waals surface area contributed by atoms with Gasteiger partial charge in [-0.25, -0.2) is 0 Å². The number of rotatable bonds is 6. The standard InChI is InChI=1S/C24H35N5O/c1-19(2)27(4)18-21-10-6-5-9-20(21)17-26-24(25-3)29-15-13-28(14-16-29)22-11-7-8-12-23(22)30/h5-12,19,30H,13-18H2,1-4H3,(H,25,26). The molecule has 1 fully saturated rings. The third-order valence-corrected chi connectivity index (χ3v) is 5.87. The van der Waals surface area contributed by atoms with E-state index in [1.165, 1.54) is 11.1 Å². The molecule has 30 heavy (non-hydrogen) atoms. The minimum atomic E-state index is 0.344. The van der Waals surface area contributed by atoms with E-state index in [1.807, 2.05) is 25.2 Å². The van der Waals surface area contributed by atoms with E-state index in [0.717, 1.165) is 50.9 Å². The first-order chi connectivity index (χ1) is 14.5. The predicted molar refractivity (Wildman–Crippen MR) is 125 cm³/mol.